The minimum absolute atomic E-state index is 0.231. The molecule has 4 rings (SSSR count). The lowest BCUT2D eigenvalue weighted by atomic mass is 9.82. The lowest BCUT2D eigenvalue weighted by Gasteiger charge is -2.43. The van der Waals surface area contributed by atoms with Crippen LogP contribution < -0.4 is 11.1 Å². The molecule has 1 aliphatic carbocycles. The Bertz CT molecular complexity index is 1170. The van der Waals surface area contributed by atoms with Gasteiger partial charge >= 0.3 is 0 Å². The Morgan fingerprint density at radius 3 is 2.10 bits per heavy atom. The SMILES string of the molecule is COCCN(C(=O)c1ccc(F)cc1)C1CCN(C(=O)c2ccc(F)cc2)[C@@H](C(=O)NCC2CCC(CN)CC2)C1. The first kappa shape index (κ1) is 30.6. The van der Waals surface area contributed by atoms with Gasteiger partial charge in [-0.25, -0.2) is 8.78 Å². The van der Waals surface area contributed by atoms with Gasteiger partial charge in [-0.1, -0.05) is 0 Å². The van der Waals surface area contributed by atoms with Gasteiger partial charge < -0.3 is 25.6 Å². The average Bonchev–Trinajstić information content (AvgIpc) is 3.00. The first-order valence-electron chi connectivity index (χ1n) is 14.4. The van der Waals surface area contributed by atoms with E-state index in [1.165, 1.54) is 53.4 Å². The first-order valence-corrected chi connectivity index (χ1v) is 14.4. The van der Waals surface area contributed by atoms with Crippen molar-refractivity contribution in [2.45, 2.75) is 50.6 Å². The van der Waals surface area contributed by atoms with E-state index in [-0.39, 0.29) is 49.9 Å². The van der Waals surface area contributed by atoms with Crippen LogP contribution >= 0.6 is 0 Å². The molecular formula is C31H40F2N4O4. The summed E-state index contributed by atoms with van der Waals surface area (Å²) >= 11 is 0. The summed E-state index contributed by atoms with van der Waals surface area (Å²) in [6.45, 7) is 1.99. The van der Waals surface area contributed by atoms with Crippen LogP contribution in [0.4, 0.5) is 8.78 Å². The summed E-state index contributed by atoms with van der Waals surface area (Å²) in [5, 5.41) is 3.08. The van der Waals surface area contributed by atoms with Gasteiger partial charge in [0.25, 0.3) is 11.8 Å². The van der Waals surface area contributed by atoms with Crippen molar-refractivity contribution >= 4 is 17.7 Å². The standard InChI is InChI=1S/C31H40F2N4O4/c1-41-17-16-36(30(39)23-6-10-25(32)11-7-23)27-14-15-37(31(40)24-8-12-26(33)13-9-24)28(18-27)29(38)35-20-22-4-2-21(19-34)3-5-22/h6-13,21-22,27-28H,2-5,14-20,34H2,1H3,(H,35,38)/t21?,22?,27?,28-/m1/s1. The van der Waals surface area contributed by atoms with Crippen LogP contribution in [0.1, 0.15) is 59.2 Å². The number of methoxy groups -OCH3 is 1. The number of hydrogen-bond acceptors (Lipinski definition) is 5. The van der Waals surface area contributed by atoms with Gasteiger partial charge in [0.2, 0.25) is 5.91 Å². The minimum Gasteiger partial charge on any atom is -0.383 e. The van der Waals surface area contributed by atoms with Crippen LogP contribution in [0.25, 0.3) is 0 Å². The molecule has 41 heavy (non-hydrogen) atoms. The third kappa shape index (κ3) is 7.89. The van der Waals surface area contributed by atoms with Crippen molar-refractivity contribution in [3.63, 3.8) is 0 Å². The fraction of sp³-hybridized carbons (Fsp3) is 0.516. The van der Waals surface area contributed by atoms with E-state index in [0.29, 0.717) is 42.5 Å². The number of amides is 3. The second-order valence-corrected chi connectivity index (χ2v) is 11.1. The lowest BCUT2D eigenvalue weighted by molar-refractivity contribution is -0.127. The Morgan fingerprint density at radius 2 is 1.51 bits per heavy atom. The largest absolute Gasteiger partial charge is 0.383 e. The van der Waals surface area contributed by atoms with E-state index in [1.807, 2.05) is 0 Å². The molecule has 1 aliphatic heterocycles. The van der Waals surface area contributed by atoms with E-state index in [1.54, 1.807) is 12.0 Å². The van der Waals surface area contributed by atoms with Gasteiger partial charge in [0, 0.05) is 43.9 Å². The maximum atomic E-state index is 13.7. The molecule has 1 saturated carbocycles. The van der Waals surface area contributed by atoms with Crippen LogP contribution in [-0.2, 0) is 9.53 Å². The summed E-state index contributed by atoms with van der Waals surface area (Å²) < 4.78 is 32.3. The maximum absolute atomic E-state index is 13.7. The number of benzene rings is 2. The Hall–Kier alpha value is -3.37. The summed E-state index contributed by atoms with van der Waals surface area (Å²) in [5.74, 6) is -0.936. The monoisotopic (exact) mass is 570 g/mol. The molecule has 3 amide bonds. The average molecular weight is 571 g/mol. The topological polar surface area (TPSA) is 105 Å². The van der Waals surface area contributed by atoms with Gasteiger partial charge in [-0.15, -0.1) is 0 Å². The zero-order valence-corrected chi connectivity index (χ0v) is 23.6. The van der Waals surface area contributed by atoms with Gasteiger partial charge in [0.05, 0.1) is 6.61 Å². The smallest absolute Gasteiger partial charge is 0.254 e. The molecule has 2 fully saturated rings. The summed E-state index contributed by atoms with van der Waals surface area (Å²) in [6, 6.07) is 9.46. The Balaban J connectivity index is 1.53. The summed E-state index contributed by atoms with van der Waals surface area (Å²) in [4.78, 5) is 43.9. The number of piperidine rings is 1. The van der Waals surface area contributed by atoms with Crippen molar-refractivity contribution in [3.8, 4) is 0 Å². The number of likely N-dealkylation sites (tertiary alicyclic amines) is 1. The Morgan fingerprint density at radius 1 is 0.927 bits per heavy atom. The molecule has 1 heterocycles. The predicted molar refractivity (Wildman–Crippen MR) is 151 cm³/mol. The zero-order chi connectivity index (χ0) is 29.4. The third-order valence-electron chi connectivity index (χ3n) is 8.42. The first-order chi connectivity index (χ1) is 19.8. The van der Waals surface area contributed by atoms with Gasteiger partial charge in [0.1, 0.15) is 17.7 Å². The van der Waals surface area contributed by atoms with Crippen LogP contribution in [0.3, 0.4) is 0 Å². The van der Waals surface area contributed by atoms with E-state index in [4.69, 9.17) is 10.5 Å². The number of hydrogen-bond donors (Lipinski definition) is 2. The summed E-state index contributed by atoms with van der Waals surface area (Å²) in [6.07, 6.45) is 4.73. The van der Waals surface area contributed by atoms with Gasteiger partial charge in [-0.05, 0) is 105 Å². The second kappa shape index (κ2) is 14.5. The highest BCUT2D eigenvalue weighted by atomic mass is 19.1. The van der Waals surface area contributed by atoms with Gasteiger partial charge in [0.15, 0.2) is 0 Å². The second-order valence-electron chi connectivity index (χ2n) is 11.1. The number of nitrogens with zero attached hydrogens (tertiary/aromatic N) is 2. The third-order valence-corrected chi connectivity index (χ3v) is 8.42. The zero-order valence-electron chi connectivity index (χ0n) is 23.6. The molecule has 0 aromatic heterocycles. The highest BCUT2D eigenvalue weighted by Gasteiger charge is 2.40. The number of halogens is 2. The van der Waals surface area contributed by atoms with E-state index in [0.717, 1.165) is 25.7 Å². The predicted octanol–water partition coefficient (Wildman–Crippen LogP) is 3.61. The molecule has 222 valence electrons. The van der Waals surface area contributed by atoms with Crippen molar-refractivity contribution in [2.24, 2.45) is 17.6 Å². The molecule has 2 aliphatic rings. The molecule has 0 radical (unpaired) electrons. The van der Waals surface area contributed by atoms with E-state index in [9.17, 15) is 23.2 Å². The maximum Gasteiger partial charge on any atom is 0.254 e. The number of nitrogens with two attached hydrogens (primary N) is 1. The molecular weight excluding hydrogens is 530 g/mol. The van der Waals surface area contributed by atoms with Crippen molar-refractivity contribution < 1.29 is 27.9 Å². The van der Waals surface area contributed by atoms with Crippen LogP contribution in [0, 0.1) is 23.5 Å². The fourth-order valence-electron chi connectivity index (χ4n) is 5.91. The van der Waals surface area contributed by atoms with Crippen molar-refractivity contribution in [1.82, 2.24) is 15.1 Å². The van der Waals surface area contributed by atoms with Crippen LogP contribution in [0.15, 0.2) is 48.5 Å². The molecule has 3 N–H and O–H groups in total. The molecule has 2 atom stereocenters. The number of ether oxygens (including phenoxy) is 1. The summed E-state index contributed by atoms with van der Waals surface area (Å²) in [5.41, 5.74) is 6.45. The molecule has 10 heteroatoms. The number of carbonyl (C=O) groups excluding carboxylic acids is 3. The number of carbonyl (C=O) groups is 3. The Labute approximate surface area is 240 Å². The van der Waals surface area contributed by atoms with Crippen molar-refractivity contribution in [1.29, 1.82) is 0 Å². The van der Waals surface area contributed by atoms with Crippen molar-refractivity contribution in [2.75, 3.05) is 39.9 Å². The molecule has 2 aromatic rings. The number of nitrogens with one attached hydrogen (secondary N) is 1. The molecule has 1 unspecified atom stereocenters. The van der Waals surface area contributed by atoms with E-state index >= 15 is 0 Å². The fourth-order valence-corrected chi connectivity index (χ4v) is 5.91. The minimum atomic E-state index is -0.822. The Kier molecular flexibility index (Phi) is 10.8. The van der Waals surface area contributed by atoms with Crippen LogP contribution in [0.5, 0.6) is 0 Å². The highest BCUT2D eigenvalue weighted by Crippen LogP contribution is 2.29. The van der Waals surface area contributed by atoms with E-state index in [2.05, 4.69) is 5.32 Å². The molecule has 1 saturated heterocycles. The quantitative estimate of drug-likeness (QED) is 0.454. The van der Waals surface area contributed by atoms with Gasteiger partial charge in [-0.2, -0.15) is 0 Å². The molecule has 0 spiro atoms. The van der Waals surface area contributed by atoms with E-state index < -0.39 is 17.7 Å². The lowest BCUT2D eigenvalue weighted by Crippen LogP contribution is -2.58. The van der Waals surface area contributed by atoms with Crippen LogP contribution in [0.2, 0.25) is 0 Å². The molecule has 8 nitrogen and oxygen atoms in total. The normalized spacial score (nSPS) is 22.7. The summed E-state index contributed by atoms with van der Waals surface area (Å²) in [7, 11) is 1.54. The highest BCUT2D eigenvalue weighted by molar-refractivity contribution is 5.98. The van der Waals surface area contributed by atoms with Crippen LogP contribution in [-0.4, -0.2) is 79.5 Å². The molecule has 0 bridgehead atoms. The molecule has 2 aromatic carbocycles. The van der Waals surface area contributed by atoms with Crippen molar-refractivity contribution in [3.05, 3.63) is 71.3 Å². The number of rotatable bonds is 10. The van der Waals surface area contributed by atoms with Gasteiger partial charge in [-0.3, -0.25) is 14.4 Å².